The average molecular weight is 277 g/mol. The maximum Gasteiger partial charge on any atom is 0.220 e. The Hall–Kier alpha value is -1.71. The van der Waals surface area contributed by atoms with Crippen molar-refractivity contribution in [3.8, 4) is 11.5 Å². The number of fused-ring (bicyclic) bond motifs is 1. The minimum absolute atomic E-state index is 0.0289. The first-order valence-corrected chi connectivity index (χ1v) is 7.09. The summed E-state index contributed by atoms with van der Waals surface area (Å²) in [7, 11) is 0. The van der Waals surface area contributed by atoms with E-state index >= 15 is 0 Å². The maximum atomic E-state index is 11.7. The molecule has 4 nitrogen and oxygen atoms in total. The van der Waals surface area contributed by atoms with Gasteiger partial charge in [0.05, 0.1) is 0 Å². The van der Waals surface area contributed by atoms with Crippen molar-refractivity contribution in [3.63, 3.8) is 0 Å². The number of carbonyl (C=O) groups is 1. The molecule has 4 heteroatoms. The van der Waals surface area contributed by atoms with Gasteiger partial charge in [-0.05, 0) is 29.5 Å². The van der Waals surface area contributed by atoms with Crippen LogP contribution in [0.4, 0.5) is 0 Å². The van der Waals surface area contributed by atoms with Crippen molar-refractivity contribution in [1.82, 2.24) is 5.32 Å². The topological polar surface area (TPSA) is 47.6 Å². The van der Waals surface area contributed by atoms with Gasteiger partial charge in [0.1, 0.15) is 13.2 Å². The fraction of sp³-hybridized carbons (Fsp3) is 0.562. The van der Waals surface area contributed by atoms with E-state index in [1.807, 2.05) is 18.2 Å². The Kier molecular flexibility index (Phi) is 4.53. The van der Waals surface area contributed by atoms with E-state index < -0.39 is 0 Å². The third-order valence-electron chi connectivity index (χ3n) is 3.03. The van der Waals surface area contributed by atoms with Crippen molar-refractivity contribution < 1.29 is 14.3 Å². The Bertz CT molecular complexity index is 477. The summed E-state index contributed by atoms with van der Waals surface area (Å²) in [5.74, 6) is 1.71. The number of rotatable bonds is 4. The van der Waals surface area contributed by atoms with Crippen LogP contribution in [0.2, 0.25) is 0 Å². The lowest BCUT2D eigenvalue weighted by molar-refractivity contribution is -0.122. The van der Waals surface area contributed by atoms with E-state index in [2.05, 4.69) is 26.1 Å². The normalized spacial score (nSPS) is 13.9. The predicted molar refractivity (Wildman–Crippen MR) is 78.2 cm³/mol. The summed E-state index contributed by atoms with van der Waals surface area (Å²) in [6, 6.07) is 5.94. The maximum absolute atomic E-state index is 11.7. The summed E-state index contributed by atoms with van der Waals surface area (Å²) >= 11 is 0. The van der Waals surface area contributed by atoms with Crippen LogP contribution in [0.1, 0.15) is 32.8 Å². The number of carbonyl (C=O) groups excluding carboxylic acids is 1. The van der Waals surface area contributed by atoms with Crippen molar-refractivity contribution in [2.24, 2.45) is 5.41 Å². The van der Waals surface area contributed by atoms with Crippen molar-refractivity contribution in [1.29, 1.82) is 0 Å². The lowest BCUT2D eigenvalue weighted by Gasteiger charge is -2.19. The van der Waals surface area contributed by atoms with Crippen molar-refractivity contribution in [3.05, 3.63) is 23.8 Å². The van der Waals surface area contributed by atoms with Crippen molar-refractivity contribution >= 4 is 5.91 Å². The SMILES string of the molecule is CC(C)(C)CC(=O)NCCc1ccc2c(c1)OCCO2. The second-order valence-electron chi connectivity index (χ2n) is 6.32. The van der Waals surface area contributed by atoms with Crippen LogP contribution >= 0.6 is 0 Å². The van der Waals surface area contributed by atoms with Gasteiger partial charge in [0.25, 0.3) is 0 Å². The summed E-state index contributed by atoms with van der Waals surface area (Å²) in [5, 5.41) is 2.96. The largest absolute Gasteiger partial charge is 0.486 e. The molecule has 0 spiro atoms. The number of hydrogen-bond donors (Lipinski definition) is 1. The van der Waals surface area contributed by atoms with Crippen molar-refractivity contribution in [2.75, 3.05) is 19.8 Å². The third-order valence-corrected chi connectivity index (χ3v) is 3.03. The van der Waals surface area contributed by atoms with Crippen LogP contribution in [0.15, 0.2) is 18.2 Å². The van der Waals surface area contributed by atoms with Crippen LogP contribution < -0.4 is 14.8 Å². The molecule has 1 aromatic rings. The van der Waals surface area contributed by atoms with Gasteiger partial charge >= 0.3 is 0 Å². The summed E-state index contributed by atoms with van der Waals surface area (Å²) in [6.07, 6.45) is 1.35. The minimum Gasteiger partial charge on any atom is -0.486 e. The highest BCUT2D eigenvalue weighted by Crippen LogP contribution is 2.30. The summed E-state index contributed by atoms with van der Waals surface area (Å²) < 4.78 is 11.0. The van der Waals surface area contributed by atoms with E-state index in [1.165, 1.54) is 0 Å². The Morgan fingerprint density at radius 3 is 2.60 bits per heavy atom. The van der Waals surface area contributed by atoms with Crippen LogP contribution in [-0.4, -0.2) is 25.7 Å². The molecular weight excluding hydrogens is 254 g/mol. The number of hydrogen-bond acceptors (Lipinski definition) is 3. The molecule has 0 radical (unpaired) electrons. The zero-order chi connectivity index (χ0) is 14.6. The first-order chi connectivity index (χ1) is 9.44. The second kappa shape index (κ2) is 6.16. The molecule has 20 heavy (non-hydrogen) atoms. The standard InChI is InChI=1S/C16H23NO3/c1-16(2,3)11-15(18)17-7-6-12-4-5-13-14(10-12)20-9-8-19-13/h4-5,10H,6-9,11H2,1-3H3,(H,17,18). The van der Waals surface area contributed by atoms with Crippen LogP contribution in [0, 0.1) is 5.41 Å². The molecule has 0 atom stereocenters. The zero-order valence-electron chi connectivity index (χ0n) is 12.5. The zero-order valence-corrected chi connectivity index (χ0v) is 12.5. The van der Waals surface area contributed by atoms with E-state index in [0.29, 0.717) is 26.2 Å². The summed E-state index contributed by atoms with van der Waals surface area (Å²) in [6.45, 7) is 8.04. The van der Waals surface area contributed by atoms with Gasteiger partial charge in [-0.3, -0.25) is 4.79 Å². The monoisotopic (exact) mass is 277 g/mol. The summed E-state index contributed by atoms with van der Waals surface area (Å²) in [5.41, 5.74) is 1.17. The highest BCUT2D eigenvalue weighted by atomic mass is 16.6. The van der Waals surface area contributed by atoms with Crippen LogP contribution in [0.3, 0.4) is 0 Å². The molecule has 1 aliphatic heterocycles. The minimum atomic E-state index is 0.0289. The molecule has 1 aromatic carbocycles. The van der Waals surface area contributed by atoms with Gasteiger partial charge in [0, 0.05) is 13.0 Å². The molecule has 0 aromatic heterocycles. The van der Waals surface area contributed by atoms with Crippen LogP contribution in [0.5, 0.6) is 11.5 Å². The molecule has 0 fully saturated rings. The first kappa shape index (κ1) is 14.7. The van der Waals surface area contributed by atoms with Crippen LogP contribution in [-0.2, 0) is 11.2 Å². The van der Waals surface area contributed by atoms with Gasteiger partial charge in [-0.15, -0.1) is 0 Å². The fourth-order valence-corrected chi connectivity index (χ4v) is 2.13. The Morgan fingerprint density at radius 1 is 1.20 bits per heavy atom. The predicted octanol–water partition coefficient (Wildman–Crippen LogP) is 2.55. The summed E-state index contributed by atoms with van der Waals surface area (Å²) in [4.78, 5) is 11.7. The Labute approximate surface area is 120 Å². The molecule has 0 saturated heterocycles. The van der Waals surface area contributed by atoms with Gasteiger partial charge in [-0.25, -0.2) is 0 Å². The van der Waals surface area contributed by atoms with Gasteiger partial charge in [-0.2, -0.15) is 0 Å². The second-order valence-corrected chi connectivity index (χ2v) is 6.32. The molecular formula is C16H23NO3. The third kappa shape index (κ3) is 4.44. The van der Waals surface area contributed by atoms with E-state index in [1.54, 1.807) is 0 Å². The molecule has 1 amide bonds. The number of benzene rings is 1. The molecule has 1 aliphatic rings. The lowest BCUT2D eigenvalue weighted by atomic mass is 9.92. The van der Waals surface area contributed by atoms with Gasteiger partial charge in [0.15, 0.2) is 11.5 Å². The van der Waals surface area contributed by atoms with E-state index in [9.17, 15) is 4.79 Å². The molecule has 2 rings (SSSR count). The average Bonchev–Trinajstić information content (AvgIpc) is 2.36. The van der Waals surface area contributed by atoms with E-state index in [0.717, 1.165) is 23.5 Å². The first-order valence-electron chi connectivity index (χ1n) is 7.09. The van der Waals surface area contributed by atoms with Gasteiger partial charge < -0.3 is 14.8 Å². The lowest BCUT2D eigenvalue weighted by Crippen LogP contribution is -2.29. The smallest absolute Gasteiger partial charge is 0.220 e. The highest BCUT2D eigenvalue weighted by Gasteiger charge is 2.15. The molecule has 0 aliphatic carbocycles. The molecule has 1 N–H and O–H groups in total. The molecule has 0 unspecified atom stereocenters. The number of nitrogens with one attached hydrogen (secondary N) is 1. The van der Waals surface area contributed by atoms with Crippen molar-refractivity contribution in [2.45, 2.75) is 33.6 Å². The van der Waals surface area contributed by atoms with Gasteiger partial charge in [-0.1, -0.05) is 26.8 Å². The quantitative estimate of drug-likeness (QED) is 0.920. The van der Waals surface area contributed by atoms with E-state index in [-0.39, 0.29) is 11.3 Å². The highest BCUT2D eigenvalue weighted by molar-refractivity contribution is 5.76. The van der Waals surface area contributed by atoms with Gasteiger partial charge in [0.2, 0.25) is 5.91 Å². The van der Waals surface area contributed by atoms with E-state index in [4.69, 9.17) is 9.47 Å². The molecule has 0 saturated carbocycles. The van der Waals surface area contributed by atoms with Crippen LogP contribution in [0.25, 0.3) is 0 Å². The molecule has 0 bridgehead atoms. The Balaban J connectivity index is 1.81. The Morgan fingerprint density at radius 2 is 1.90 bits per heavy atom. The number of ether oxygens (including phenoxy) is 2. The number of amides is 1. The molecule has 1 heterocycles. The molecule has 110 valence electrons. The fourth-order valence-electron chi connectivity index (χ4n) is 2.13.